The molecule has 1 aromatic heterocycles. The lowest BCUT2D eigenvalue weighted by Gasteiger charge is -2.20. The van der Waals surface area contributed by atoms with Crippen LogP contribution in [0, 0.1) is 17.7 Å². The lowest BCUT2D eigenvalue weighted by molar-refractivity contribution is -0.115. The minimum Gasteiger partial charge on any atom is -0.444 e. The highest BCUT2D eigenvalue weighted by atomic mass is 19.1. The number of ether oxygens (including phenoxy) is 1. The summed E-state index contributed by atoms with van der Waals surface area (Å²) in [6.45, 7) is 5.19. The van der Waals surface area contributed by atoms with E-state index in [0.717, 1.165) is 0 Å². The molecule has 2 N–H and O–H groups in total. The molecule has 3 aromatic carbocycles. The summed E-state index contributed by atoms with van der Waals surface area (Å²) in [7, 11) is 0. The van der Waals surface area contributed by atoms with Gasteiger partial charge in [-0.3, -0.25) is 14.9 Å². The Morgan fingerprint density at radius 1 is 0.925 bits per heavy atom. The third kappa shape index (κ3) is 7.85. The Labute approximate surface area is 230 Å². The predicted molar refractivity (Wildman–Crippen MR) is 148 cm³/mol. The Kier molecular flexibility index (Phi) is 8.35. The van der Waals surface area contributed by atoms with Crippen LogP contribution in [0.1, 0.15) is 48.7 Å². The molecular formula is C30H26FN5O4. The first-order valence-corrected chi connectivity index (χ1v) is 12.3. The van der Waals surface area contributed by atoms with Crippen LogP contribution in [0.4, 0.5) is 20.6 Å². The summed E-state index contributed by atoms with van der Waals surface area (Å²) >= 11 is 0. The zero-order valence-corrected chi connectivity index (χ0v) is 22.1. The second-order valence-corrected chi connectivity index (χ2v) is 9.69. The van der Waals surface area contributed by atoms with Crippen LogP contribution >= 0.6 is 0 Å². The fourth-order valence-electron chi connectivity index (χ4n) is 3.54. The van der Waals surface area contributed by atoms with Gasteiger partial charge in [-0.1, -0.05) is 29.2 Å². The van der Waals surface area contributed by atoms with Crippen molar-refractivity contribution in [1.82, 2.24) is 15.0 Å². The number of halogens is 1. The maximum Gasteiger partial charge on any atom is 0.412 e. The maximum absolute atomic E-state index is 13.2. The molecule has 0 atom stereocenters. The van der Waals surface area contributed by atoms with Gasteiger partial charge in [0.05, 0.1) is 35.9 Å². The average molecular weight is 540 g/mol. The fourth-order valence-corrected chi connectivity index (χ4v) is 3.54. The topological polar surface area (TPSA) is 115 Å². The van der Waals surface area contributed by atoms with Crippen molar-refractivity contribution < 1.29 is 23.5 Å². The summed E-state index contributed by atoms with van der Waals surface area (Å²) in [4.78, 5) is 38.2. The number of rotatable bonds is 6. The molecule has 0 aliphatic heterocycles. The molecule has 2 amide bonds. The van der Waals surface area contributed by atoms with Crippen molar-refractivity contribution in [2.24, 2.45) is 0 Å². The molecule has 40 heavy (non-hydrogen) atoms. The molecule has 0 spiro atoms. The van der Waals surface area contributed by atoms with Crippen molar-refractivity contribution in [3.8, 4) is 17.5 Å². The van der Waals surface area contributed by atoms with E-state index in [1.807, 2.05) is 0 Å². The maximum atomic E-state index is 13.2. The van der Waals surface area contributed by atoms with Crippen LogP contribution < -0.4 is 10.6 Å². The average Bonchev–Trinajstić information content (AvgIpc) is 3.44. The van der Waals surface area contributed by atoms with Gasteiger partial charge >= 0.3 is 6.09 Å². The molecule has 0 aliphatic rings. The van der Waals surface area contributed by atoms with Crippen LogP contribution in [0.25, 0.3) is 5.69 Å². The molecular weight excluding hydrogens is 513 g/mol. The van der Waals surface area contributed by atoms with E-state index in [9.17, 15) is 18.8 Å². The molecule has 10 heteroatoms. The molecule has 0 unspecified atom stereocenters. The molecule has 0 radical (unpaired) electrons. The number of hydrogen-bond donors (Lipinski definition) is 2. The summed E-state index contributed by atoms with van der Waals surface area (Å²) in [6, 6.07) is 17.2. The number of benzene rings is 3. The van der Waals surface area contributed by atoms with E-state index in [2.05, 4.69) is 32.8 Å². The summed E-state index contributed by atoms with van der Waals surface area (Å²) in [6.07, 6.45) is 2.00. The number of amides is 2. The van der Waals surface area contributed by atoms with Gasteiger partial charge in [0.1, 0.15) is 11.4 Å². The summed E-state index contributed by atoms with van der Waals surface area (Å²) < 4.78 is 20.0. The Morgan fingerprint density at radius 3 is 2.35 bits per heavy atom. The van der Waals surface area contributed by atoms with Crippen molar-refractivity contribution >= 4 is 29.2 Å². The smallest absolute Gasteiger partial charge is 0.412 e. The highest BCUT2D eigenvalue weighted by molar-refractivity contribution is 6.12. The first-order valence-electron chi connectivity index (χ1n) is 12.3. The van der Waals surface area contributed by atoms with Crippen LogP contribution in [0.2, 0.25) is 0 Å². The zero-order chi connectivity index (χ0) is 28.7. The number of nitrogens with one attached hydrogen (secondary N) is 2. The highest BCUT2D eigenvalue weighted by Crippen LogP contribution is 2.25. The Balaban J connectivity index is 1.54. The molecule has 0 saturated heterocycles. The number of hydrogen-bond acceptors (Lipinski definition) is 6. The van der Waals surface area contributed by atoms with E-state index in [1.165, 1.54) is 23.0 Å². The van der Waals surface area contributed by atoms with Gasteiger partial charge in [-0.05, 0) is 75.4 Å². The van der Waals surface area contributed by atoms with Gasteiger partial charge in [0.15, 0.2) is 5.78 Å². The Morgan fingerprint density at radius 2 is 1.65 bits per heavy atom. The van der Waals surface area contributed by atoms with E-state index in [0.29, 0.717) is 22.4 Å². The molecule has 9 nitrogen and oxygen atoms in total. The van der Waals surface area contributed by atoms with Crippen molar-refractivity contribution in [2.75, 3.05) is 10.6 Å². The van der Waals surface area contributed by atoms with Gasteiger partial charge in [-0.2, -0.15) is 0 Å². The van der Waals surface area contributed by atoms with Crippen LogP contribution in [0.5, 0.6) is 0 Å². The van der Waals surface area contributed by atoms with Gasteiger partial charge in [-0.15, -0.1) is 5.10 Å². The second-order valence-electron chi connectivity index (χ2n) is 9.69. The Bertz CT molecular complexity index is 1600. The Hall–Kier alpha value is -5.30. The van der Waals surface area contributed by atoms with Gasteiger partial charge in [0.25, 0.3) is 0 Å². The van der Waals surface area contributed by atoms with E-state index < -0.39 is 29.8 Å². The number of Topliss-reactive ketones (excluding diaryl/α,β-unsaturated/α-hetero) is 1. The van der Waals surface area contributed by atoms with Crippen LogP contribution in [0.15, 0.2) is 79.1 Å². The standard InChI is InChI=1S/C30H26FN5O4/c1-30(2,3)40-29(39)34-25-14-11-21(8-7-20-9-12-23(31)13-10-20)17-26(25)33-28(38)19-27(37)22-5-4-6-24(18-22)36-16-15-32-35-36/h4-6,9-18H,19H2,1-3H3,(H,33,38)(H,34,39). The van der Waals surface area contributed by atoms with Gasteiger partial charge in [0.2, 0.25) is 5.91 Å². The van der Waals surface area contributed by atoms with Crippen LogP contribution in [0.3, 0.4) is 0 Å². The van der Waals surface area contributed by atoms with Crippen molar-refractivity contribution in [2.45, 2.75) is 32.8 Å². The summed E-state index contributed by atoms with van der Waals surface area (Å²) in [5, 5.41) is 13.0. The largest absolute Gasteiger partial charge is 0.444 e. The van der Waals surface area contributed by atoms with Crippen LogP contribution in [-0.4, -0.2) is 38.4 Å². The first-order chi connectivity index (χ1) is 19.1. The van der Waals surface area contributed by atoms with E-state index in [-0.39, 0.29) is 17.2 Å². The normalized spacial score (nSPS) is 10.7. The number of ketones is 1. The van der Waals surface area contributed by atoms with Crippen molar-refractivity contribution in [3.05, 3.63) is 102 Å². The second kappa shape index (κ2) is 12.0. The van der Waals surface area contributed by atoms with E-state index in [4.69, 9.17) is 4.74 Å². The molecule has 1 heterocycles. The molecule has 0 aliphatic carbocycles. The van der Waals surface area contributed by atoms with Gasteiger partial charge in [0, 0.05) is 16.7 Å². The van der Waals surface area contributed by atoms with Gasteiger partial charge in [-0.25, -0.2) is 13.9 Å². The minimum absolute atomic E-state index is 0.228. The van der Waals surface area contributed by atoms with Crippen molar-refractivity contribution in [3.63, 3.8) is 0 Å². The monoisotopic (exact) mass is 539 g/mol. The number of nitrogens with zero attached hydrogens (tertiary/aromatic N) is 3. The molecule has 4 aromatic rings. The summed E-state index contributed by atoms with van der Waals surface area (Å²) in [5.74, 6) is 4.51. The zero-order valence-electron chi connectivity index (χ0n) is 22.1. The van der Waals surface area contributed by atoms with E-state index >= 15 is 0 Å². The molecule has 0 bridgehead atoms. The third-order valence-electron chi connectivity index (χ3n) is 5.30. The third-order valence-corrected chi connectivity index (χ3v) is 5.30. The van der Waals surface area contributed by atoms with Crippen molar-refractivity contribution in [1.29, 1.82) is 0 Å². The molecule has 0 fully saturated rings. The number of carbonyl (C=O) groups is 3. The van der Waals surface area contributed by atoms with Gasteiger partial charge < -0.3 is 10.1 Å². The SMILES string of the molecule is CC(C)(C)OC(=O)Nc1ccc(C#Cc2ccc(F)cc2)cc1NC(=O)CC(=O)c1cccc(-n2ccnn2)c1. The molecule has 0 saturated carbocycles. The lowest BCUT2D eigenvalue weighted by atomic mass is 10.1. The summed E-state index contributed by atoms with van der Waals surface area (Å²) in [5.41, 5.74) is 1.82. The number of aromatic nitrogens is 3. The van der Waals surface area contributed by atoms with Crippen LogP contribution in [-0.2, 0) is 9.53 Å². The number of carbonyl (C=O) groups excluding carboxylic acids is 3. The first kappa shape index (κ1) is 27.7. The fraction of sp³-hybridized carbons (Fsp3) is 0.167. The number of anilines is 2. The predicted octanol–water partition coefficient (Wildman–Crippen LogP) is 5.36. The molecule has 4 rings (SSSR count). The minimum atomic E-state index is -0.735. The quantitative estimate of drug-likeness (QED) is 0.194. The molecule has 202 valence electrons. The van der Waals surface area contributed by atoms with E-state index in [1.54, 1.807) is 81.6 Å². The lowest BCUT2D eigenvalue weighted by Crippen LogP contribution is -2.27. The highest BCUT2D eigenvalue weighted by Gasteiger charge is 2.19.